The van der Waals surface area contributed by atoms with E-state index in [0.717, 1.165) is 18.5 Å². The molecule has 1 aromatic heterocycles. The fraction of sp³-hybridized carbons (Fsp3) is 0.267. The summed E-state index contributed by atoms with van der Waals surface area (Å²) >= 11 is 3.21. The van der Waals surface area contributed by atoms with Crippen LogP contribution >= 0.6 is 15.9 Å². The van der Waals surface area contributed by atoms with Gasteiger partial charge in [-0.2, -0.15) is 0 Å². The third-order valence-corrected chi connectivity index (χ3v) is 3.89. The summed E-state index contributed by atoms with van der Waals surface area (Å²) in [6.07, 6.45) is 6.20. The van der Waals surface area contributed by atoms with Crippen molar-refractivity contribution in [1.82, 2.24) is 4.98 Å². The van der Waals surface area contributed by atoms with Gasteiger partial charge in [-0.05, 0) is 64.9 Å². The molecule has 0 amide bonds. The Labute approximate surface area is 120 Å². The van der Waals surface area contributed by atoms with Crippen molar-refractivity contribution in [2.45, 2.75) is 25.7 Å². The second-order valence-electron chi connectivity index (χ2n) is 4.76. The van der Waals surface area contributed by atoms with Crippen molar-refractivity contribution < 1.29 is 4.39 Å². The lowest BCUT2D eigenvalue weighted by atomic mass is 9.90. The third kappa shape index (κ3) is 2.63. The van der Waals surface area contributed by atoms with Gasteiger partial charge in [-0.3, -0.25) is 0 Å². The Morgan fingerprint density at radius 1 is 1.21 bits per heavy atom. The quantitative estimate of drug-likeness (QED) is 0.874. The first-order chi connectivity index (χ1) is 9.24. The molecule has 1 aliphatic carbocycles. The first-order valence-corrected chi connectivity index (χ1v) is 7.22. The molecule has 2 aromatic rings. The van der Waals surface area contributed by atoms with E-state index in [1.165, 1.54) is 30.0 Å². The van der Waals surface area contributed by atoms with Gasteiger partial charge in [0.1, 0.15) is 0 Å². The van der Waals surface area contributed by atoms with E-state index in [-0.39, 0.29) is 11.6 Å². The molecular formula is C15H14BrFN2. The second kappa shape index (κ2) is 5.29. The van der Waals surface area contributed by atoms with Crippen LogP contribution in [0.1, 0.15) is 24.0 Å². The molecule has 1 aliphatic rings. The zero-order chi connectivity index (χ0) is 13.2. The fourth-order valence-corrected chi connectivity index (χ4v) is 2.84. The highest BCUT2D eigenvalue weighted by Crippen LogP contribution is 2.30. The number of rotatable bonds is 2. The van der Waals surface area contributed by atoms with Crippen molar-refractivity contribution in [1.29, 1.82) is 0 Å². The van der Waals surface area contributed by atoms with Crippen molar-refractivity contribution >= 4 is 27.4 Å². The maximum atomic E-state index is 13.8. The van der Waals surface area contributed by atoms with Crippen LogP contribution in [0, 0.1) is 5.82 Å². The molecule has 3 rings (SSSR count). The summed E-state index contributed by atoms with van der Waals surface area (Å²) < 4.78 is 14.5. The van der Waals surface area contributed by atoms with E-state index in [4.69, 9.17) is 0 Å². The number of benzene rings is 1. The van der Waals surface area contributed by atoms with Crippen molar-refractivity contribution in [3.05, 3.63) is 51.9 Å². The number of fused-ring (bicyclic) bond motifs is 1. The number of hydrogen-bond donors (Lipinski definition) is 1. The highest BCUT2D eigenvalue weighted by atomic mass is 79.9. The van der Waals surface area contributed by atoms with Crippen LogP contribution in [0.5, 0.6) is 0 Å². The summed E-state index contributed by atoms with van der Waals surface area (Å²) in [4.78, 5) is 4.09. The molecule has 0 bridgehead atoms. The molecule has 0 radical (unpaired) electrons. The molecule has 0 unspecified atom stereocenters. The van der Waals surface area contributed by atoms with E-state index in [2.05, 4.69) is 32.3 Å². The van der Waals surface area contributed by atoms with E-state index >= 15 is 0 Å². The van der Waals surface area contributed by atoms with Crippen molar-refractivity contribution in [2.75, 3.05) is 5.32 Å². The van der Waals surface area contributed by atoms with Crippen LogP contribution in [0.15, 0.2) is 34.9 Å². The van der Waals surface area contributed by atoms with Crippen molar-refractivity contribution in [3.63, 3.8) is 0 Å². The van der Waals surface area contributed by atoms with Gasteiger partial charge in [0.05, 0.1) is 0 Å². The van der Waals surface area contributed by atoms with Gasteiger partial charge in [-0.1, -0.05) is 12.1 Å². The Kier molecular flexibility index (Phi) is 3.51. The Morgan fingerprint density at radius 3 is 2.89 bits per heavy atom. The molecule has 0 atom stereocenters. The van der Waals surface area contributed by atoms with Gasteiger partial charge >= 0.3 is 0 Å². The number of aryl methyl sites for hydroxylation is 1. The molecule has 0 saturated heterocycles. The molecule has 19 heavy (non-hydrogen) atoms. The Morgan fingerprint density at radius 2 is 2.05 bits per heavy atom. The predicted molar refractivity (Wildman–Crippen MR) is 78.3 cm³/mol. The Hall–Kier alpha value is -1.42. The van der Waals surface area contributed by atoms with E-state index in [0.29, 0.717) is 4.47 Å². The number of aromatic nitrogens is 1. The lowest BCUT2D eigenvalue weighted by Crippen LogP contribution is -2.07. The zero-order valence-electron chi connectivity index (χ0n) is 10.4. The topological polar surface area (TPSA) is 24.9 Å². The molecule has 2 nitrogen and oxygen atoms in total. The molecule has 98 valence electrons. The summed E-state index contributed by atoms with van der Waals surface area (Å²) in [6, 6.07) is 7.59. The van der Waals surface area contributed by atoms with Crippen LogP contribution in [-0.2, 0) is 12.8 Å². The van der Waals surface area contributed by atoms with Gasteiger partial charge in [-0.25, -0.2) is 9.37 Å². The van der Waals surface area contributed by atoms with E-state index in [1.54, 1.807) is 6.20 Å². The third-order valence-electron chi connectivity index (χ3n) is 3.46. The average molecular weight is 321 g/mol. The van der Waals surface area contributed by atoms with Crippen LogP contribution in [0.3, 0.4) is 0 Å². The zero-order valence-corrected chi connectivity index (χ0v) is 12.0. The number of anilines is 2. The molecule has 1 aromatic carbocycles. The Bertz CT molecular complexity index is 613. The number of hydrogen-bond acceptors (Lipinski definition) is 2. The molecule has 1 heterocycles. The number of nitrogens with zero attached hydrogens (tertiary/aromatic N) is 1. The first-order valence-electron chi connectivity index (χ1n) is 6.43. The molecule has 1 N–H and O–H groups in total. The van der Waals surface area contributed by atoms with E-state index in [1.807, 2.05) is 12.1 Å². The predicted octanol–water partition coefficient (Wildman–Crippen LogP) is 4.61. The van der Waals surface area contributed by atoms with Gasteiger partial charge in [0.25, 0.3) is 0 Å². The Balaban J connectivity index is 1.95. The second-order valence-corrected chi connectivity index (χ2v) is 5.67. The summed E-state index contributed by atoms with van der Waals surface area (Å²) in [7, 11) is 0. The molecule has 0 saturated carbocycles. The van der Waals surface area contributed by atoms with Crippen LogP contribution in [0.2, 0.25) is 0 Å². The fourth-order valence-electron chi connectivity index (χ4n) is 2.53. The van der Waals surface area contributed by atoms with Gasteiger partial charge in [0, 0.05) is 16.4 Å². The normalized spacial score (nSPS) is 14.0. The minimum Gasteiger partial charge on any atom is -0.338 e. The lowest BCUT2D eigenvalue weighted by molar-refractivity contribution is 0.625. The van der Waals surface area contributed by atoms with E-state index < -0.39 is 0 Å². The van der Waals surface area contributed by atoms with Gasteiger partial charge < -0.3 is 5.32 Å². The molecule has 0 aliphatic heterocycles. The van der Waals surface area contributed by atoms with Crippen molar-refractivity contribution in [2.24, 2.45) is 0 Å². The van der Waals surface area contributed by atoms with Crippen LogP contribution in [0.4, 0.5) is 15.9 Å². The summed E-state index contributed by atoms with van der Waals surface area (Å²) in [5, 5.41) is 3.12. The van der Waals surface area contributed by atoms with Gasteiger partial charge in [0.2, 0.25) is 0 Å². The maximum absolute atomic E-state index is 13.8. The largest absolute Gasteiger partial charge is 0.338 e. The standard InChI is InChI=1S/C15H14BrFN2/c16-11-8-13(17)15(18-9-11)19-14-7-3-5-10-4-1-2-6-12(10)14/h3,5,7-9H,1-2,4,6H2,(H,18,19). The summed E-state index contributed by atoms with van der Waals surface area (Å²) in [6.45, 7) is 0. The van der Waals surface area contributed by atoms with E-state index in [9.17, 15) is 4.39 Å². The highest BCUT2D eigenvalue weighted by molar-refractivity contribution is 9.10. The first kappa shape index (κ1) is 12.6. The van der Waals surface area contributed by atoms with Gasteiger partial charge in [-0.15, -0.1) is 0 Å². The molecule has 0 fully saturated rings. The molecule has 4 heteroatoms. The van der Waals surface area contributed by atoms with Crippen molar-refractivity contribution in [3.8, 4) is 0 Å². The minimum atomic E-state index is -0.345. The number of nitrogens with one attached hydrogen (secondary N) is 1. The SMILES string of the molecule is Fc1cc(Br)cnc1Nc1cccc2c1CCCC2. The maximum Gasteiger partial charge on any atom is 0.166 e. The van der Waals surface area contributed by atoms with Crippen LogP contribution < -0.4 is 5.32 Å². The van der Waals surface area contributed by atoms with Crippen LogP contribution in [-0.4, -0.2) is 4.98 Å². The average Bonchev–Trinajstić information content (AvgIpc) is 2.42. The van der Waals surface area contributed by atoms with Crippen LogP contribution in [0.25, 0.3) is 0 Å². The summed E-state index contributed by atoms with van der Waals surface area (Å²) in [5.74, 6) is -0.0649. The highest BCUT2D eigenvalue weighted by Gasteiger charge is 2.14. The lowest BCUT2D eigenvalue weighted by Gasteiger charge is -2.20. The molecular weight excluding hydrogens is 307 g/mol. The number of pyridine rings is 1. The number of halogens is 2. The molecule has 0 spiro atoms. The summed E-state index contributed by atoms with van der Waals surface area (Å²) in [5.41, 5.74) is 3.65. The monoisotopic (exact) mass is 320 g/mol. The minimum absolute atomic E-state index is 0.280. The smallest absolute Gasteiger partial charge is 0.166 e. The van der Waals surface area contributed by atoms with Gasteiger partial charge in [0.15, 0.2) is 11.6 Å².